The summed E-state index contributed by atoms with van der Waals surface area (Å²) < 4.78 is 24.9. The van der Waals surface area contributed by atoms with Crippen LogP contribution in [-0.2, 0) is 30.6 Å². The van der Waals surface area contributed by atoms with Gasteiger partial charge in [-0.1, -0.05) is 18.2 Å². The lowest BCUT2D eigenvalue weighted by Crippen LogP contribution is -2.35. The Labute approximate surface area is 207 Å². The number of esters is 1. The highest BCUT2D eigenvalue weighted by atomic mass is 32.5. The topological polar surface area (TPSA) is 148 Å². The number of methoxy groups -OCH3 is 1. The van der Waals surface area contributed by atoms with Crippen molar-refractivity contribution in [3.63, 3.8) is 0 Å². The highest BCUT2D eigenvalue weighted by Crippen LogP contribution is 2.46. The minimum Gasteiger partial charge on any atom is -0.468 e. The number of nitrogen functional groups attached to an aromatic ring is 1. The zero-order valence-corrected chi connectivity index (χ0v) is 21.3. The van der Waals surface area contributed by atoms with E-state index in [1.165, 1.54) is 7.11 Å². The molecular formula is C21H28N7O5PS. The maximum Gasteiger partial charge on any atom is 0.323 e. The van der Waals surface area contributed by atoms with E-state index in [4.69, 9.17) is 36.1 Å². The maximum atomic E-state index is 12.0. The van der Waals surface area contributed by atoms with Crippen molar-refractivity contribution in [1.82, 2.24) is 24.6 Å². The smallest absolute Gasteiger partial charge is 0.323 e. The Morgan fingerprint density at radius 3 is 2.83 bits per heavy atom. The first-order valence-corrected chi connectivity index (χ1v) is 13.6. The minimum absolute atomic E-state index is 0.144. The van der Waals surface area contributed by atoms with E-state index in [1.54, 1.807) is 32.4 Å². The van der Waals surface area contributed by atoms with Crippen LogP contribution in [-0.4, -0.2) is 58.4 Å². The van der Waals surface area contributed by atoms with Crippen LogP contribution in [0.25, 0.3) is 11.2 Å². The van der Waals surface area contributed by atoms with Crippen LogP contribution in [0.5, 0.6) is 5.75 Å². The molecule has 4 rings (SSSR count). The van der Waals surface area contributed by atoms with Crippen LogP contribution in [0, 0.1) is 0 Å². The minimum atomic E-state index is -3.12. The number of carbonyl (C=O) groups excluding carboxylic acids is 1. The molecule has 0 spiro atoms. The predicted octanol–water partition coefficient (Wildman–Crippen LogP) is 2.60. The number of imidazole rings is 1. The highest BCUT2D eigenvalue weighted by molar-refractivity contribution is 8.09. The van der Waals surface area contributed by atoms with E-state index in [9.17, 15) is 4.79 Å². The largest absolute Gasteiger partial charge is 0.468 e. The third kappa shape index (κ3) is 5.88. The monoisotopic (exact) mass is 521 g/mol. The molecule has 0 unspecified atom stereocenters. The van der Waals surface area contributed by atoms with Crippen LogP contribution in [0.2, 0.25) is 0 Å². The van der Waals surface area contributed by atoms with Gasteiger partial charge in [-0.25, -0.2) is 10.1 Å². The summed E-state index contributed by atoms with van der Waals surface area (Å²) in [5.41, 5.74) is 7.05. The van der Waals surface area contributed by atoms with Gasteiger partial charge in [0.25, 0.3) is 0 Å². The molecule has 0 radical (unpaired) electrons. The number of para-hydroxylation sites is 1. The number of nitrogens with zero attached hydrogens (tertiary/aromatic N) is 4. The van der Waals surface area contributed by atoms with Crippen LogP contribution < -0.4 is 20.7 Å². The van der Waals surface area contributed by atoms with Crippen molar-refractivity contribution in [2.75, 3.05) is 31.8 Å². The number of ether oxygens (including phenoxy) is 2. The average molecular weight is 522 g/mol. The maximum absolute atomic E-state index is 12.0. The fourth-order valence-corrected chi connectivity index (χ4v) is 6.13. The Kier molecular flexibility index (Phi) is 7.82. The van der Waals surface area contributed by atoms with Gasteiger partial charge in [0.05, 0.1) is 26.1 Å². The van der Waals surface area contributed by atoms with E-state index < -0.39 is 18.7 Å². The Morgan fingerprint density at radius 2 is 2.11 bits per heavy atom. The molecule has 4 atom stereocenters. The molecule has 0 amide bonds. The molecule has 3 heterocycles. The van der Waals surface area contributed by atoms with Crippen molar-refractivity contribution in [1.29, 1.82) is 0 Å². The summed E-state index contributed by atoms with van der Waals surface area (Å²) in [4.78, 5) is 24.9. The number of hydrogen-bond acceptors (Lipinski definition) is 11. The Hall–Kier alpha value is -2.83. The first-order valence-electron chi connectivity index (χ1n) is 11.0. The summed E-state index contributed by atoms with van der Waals surface area (Å²) in [6.07, 6.45) is 2.54. The molecule has 2 aromatic heterocycles. The van der Waals surface area contributed by atoms with Gasteiger partial charge in [0.2, 0.25) is 5.95 Å². The average Bonchev–Trinajstić information content (AvgIpc) is 3.49. The summed E-state index contributed by atoms with van der Waals surface area (Å²) in [6.45, 7) is -1.30. The summed E-state index contributed by atoms with van der Waals surface area (Å²) in [7, 11) is 3.06. The quantitative estimate of drug-likeness (QED) is 0.266. The highest BCUT2D eigenvalue weighted by Gasteiger charge is 2.33. The van der Waals surface area contributed by atoms with E-state index in [-0.39, 0.29) is 24.9 Å². The lowest BCUT2D eigenvalue weighted by atomic mass is 10.2. The molecule has 3 aromatic rings. The van der Waals surface area contributed by atoms with Gasteiger partial charge >= 0.3 is 12.6 Å². The van der Waals surface area contributed by atoms with Gasteiger partial charge in [0.15, 0.2) is 17.0 Å². The van der Waals surface area contributed by atoms with Crippen LogP contribution >= 0.6 is 6.64 Å². The van der Waals surface area contributed by atoms with Gasteiger partial charge in [-0.3, -0.25) is 9.36 Å². The zero-order chi connectivity index (χ0) is 25.0. The second kappa shape index (κ2) is 10.8. The number of nitrogens with two attached hydrogens (primary N) is 1. The molecule has 1 fully saturated rings. The normalized spacial score (nSPS) is 20.3. The molecule has 188 valence electrons. The van der Waals surface area contributed by atoms with Gasteiger partial charge in [-0.15, -0.1) is 0 Å². The Morgan fingerprint density at radius 1 is 1.34 bits per heavy atom. The van der Waals surface area contributed by atoms with Crippen LogP contribution in [0.15, 0.2) is 36.7 Å². The number of fused-ring (bicyclic) bond motifs is 1. The first kappa shape index (κ1) is 25.3. The van der Waals surface area contributed by atoms with Gasteiger partial charge in [-0.05, 0) is 43.7 Å². The lowest BCUT2D eigenvalue weighted by Gasteiger charge is -2.27. The molecular weight excluding hydrogens is 493 g/mol. The molecule has 35 heavy (non-hydrogen) atoms. The molecule has 0 aliphatic carbocycles. The predicted molar refractivity (Wildman–Crippen MR) is 134 cm³/mol. The molecule has 1 aliphatic heterocycles. The standard InChI is InChI=1S/C21H28N7O5PS/c1-13(20(29)30-3)27-34(35,33-14-7-5-4-6-8-14)31-11-15-9-10-16(32-15)28-12-24-17-18(23-2)25-21(22)26-19(17)28/h4-8,12-13,15-16H,9-11H2,1-3H3,(H,27,35)(H3,22,23,25,26)/t13-,15+,16-,34+/m1/s1. The molecule has 1 aliphatic rings. The summed E-state index contributed by atoms with van der Waals surface area (Å²) in [6, 6.07) is 8.35. The zero-order valence-electron chi connectivity index (χ0n) is 19.6. The van der Waals surface area contributed by atoms with E-state index in [2.05, 4.69) is 25.4 Å². The van der Waals surface area contributed by atoms with Crippen molar-refractivity contribution >= 4 is 47.3 Å². The molecule has 4 N–H and O–H groups in total. The molecule has 12 nitrogen and oxygen atoms in total. The van der Waals surface area contributed by atoms with Crippen molar-refractivity contribution < 1.29 is 23.3 Å². The SMILES string of the molecule is CNc1nc(N)nc2c1ncn2[C@H]1CC[C@@H](CO[P@@](=S)(N[C@H](C)C(=O)OC)Oc2ccccc2)O1. The molecule has 1 saturated heterocycles. The summed E-state index contributed by atoms with van der Waals surface area (Å²) in [5.74, 6) is 0.763. The number of aromatic nitrogens is 4. The van der Waals surface area contributed by atoms with Crippen LogP contribution in [0.3, 0.4) is 0 Å². The number of anilines is 2. The van der Waals surface area contributed by atoms with Crippen molar-refractivity contribution in [3.8, 4) is 5.75 Å². The van der Waals surface area contributed by atoms with Crippen molar-refractivity contribution in [2.24, 2.45) is 0 Å². The Bertz CT molecular complexity index is 1230. The van der Waals surface area contributed by atoms with Crippen LogP contribution in [0.4, 0.5) is 11.8 Å². The van der Waals surface area contributed by atoms with Crippen molar-refractivity contribution in [3.05, 3.63) is 36.7 Å². The summed E-state index contributed by atoms with van der Waals surface area (Å²) >= 11 is 5.72. The Balaban J connectivity index is 1.45. The van der Waals surface area contributed by atoms with Crippen LogP contribution in [0.1, 0.15) is 26.0 Å². The first-order chi connectivity index (χ1) is 16.8. The third-order valence-corrected chi connectivity index (χ3v) is 7.88. The van der Waals surface area contributed by atoms with Gasteiger partial charge in [0.1, 0.15) is 18.0 Å². The number of carbonyl (C=O) groups is 1. The number of nitrogens with one attached hydrogen (secondary N) is 2. The summed E-state index contributed by atoms with van der Waals surface area (Å²) in [5, 5.41) is 5.98. The van der Waals surface area contributed by atoms with E-state index in [0.717, 1.165) is 6.42 Å². The molecule has 14 heteroatoms. The fraction of sp³-hybridized carbons (Fsp3) is 0.429. The molecule has 1 aromatic carbocycles. The van der Waals surface area contributed by atoms with E-state index in [0.29, 0.717) is 29.2 Å². The third-order valence-electron chi connectivity index (χ3n) is 5.38. The van der Waals surface area contributed by atoms with E-state index >= 15 is 0 Å². The lowest BCUT2D eigenvalue weighted by molar-refractivity contribution is -0.142. The number of rotatable bonds is 10. The van der Waals surface area contributed by atoms with Gasteiger partial charge < -0.3 is 29.6 Å². The second-order valence-electron chi connectivity index (χ2n) is 7.87. The van der Waals surface area contributed by atoms with E-state index in [1.807, 2.05) is 22.8 Å². The second-order valence-corrected chi connectivity index (χ2v) is 11.0. The fourth-order valence-electron chi connectivity index (χ4n) is 3.69. The number of benzene rings is 1. The number of hydrogen-bond donors (Lipinski definition) is 3. The molecule has 0 bridgehead atoms. The van der Waals surface area contributed by atoms with Gasteiger partial charge in [0, 0.05) is 7.05 Å². The van der Waals surface area contributed by atoms with Crippen molar-refractivity contribution in [2.45, 2.75) is 38.1 Å². The molecule has 0 saturated carbocycles. The van der Waals surface area contributed by atoms with Gasteiger partial charge in [-0.2, -0.15) is 9.97 Å².